The minimum atomic E-state index is -0.246. The summed E-state index contributed by atoms with van der Waals surface area (Å²) in [5.74, 6) is -0.0180. The molecule has 2 heterocycles. The van der Waals surface area contributed by atoms with E-state index in [0.717, 1.165) is 0 Å². The predicted octanol–water partition coefficient (Wildman–Crippen LogP) is -0.191. The van der Waals surface area contributed by atoms with E-state index in [2.05, 4.69) is 10.3 Å². The molecule has 3 N–H and O–H groups in total. The third-order valence-corrected chi connectivity index (χ3v) is 2.46. The number of carbonyl (C=O) groups excluding carboxylic acids is 1. The largest absolute Gasteiger partial charge is 0.383 e. The molecule has 1 aromatic heterocycles. The van der Waals surface area contributed by atoms with Crippen molar-refractivity contribution in [3.8, 4) is 0 Å². The van der Waals surface area contributed by atoms with Crippen LogP contribution in [0.2, 0.25) is 0 Å². The number of carbonyl (C=O) groups is 1. The lowest BCUT2D eigenvalue weighted by Gasteiger charge is -2.23. The van der Waals surface area contributed by atoms with Crippen LogP contribution in [-0.4, -0.2) is 43.4 Å². The molecule has 0 bridgehead atoms. The standard InChI is InChI=1S/C11H15N3O3/c12-10-9(2-1-3-13-10)11(15)14-6-8-7-16-4-5-17-8/h1-3,8H,4-7H2,(H2,12,13)(H,14,15). The van der Waals surface area contributed by atoms with Crippen LogP contribution >= 0.6 is 0 Å². The van der Waals surface area contributed by atoms with Gasteiger partial charge in [-0.15, -0.1) is 0 Å². The Balaban J connectivity index is 1.87. The van der Waals surface area contributed by atoms with Gasteiger partial charge in [-0.2, -0.15) is 0 Å². The first-order chi connectivity index (χ1) is 8.27. The van der Waals surface area contributed by atoms with Gasteiger partial charge in [0.05, 0.1) is 31.5 Å². The summed E-state index contributed by atoms with van der Waals surface area (Å²) in [6.45, 7) is 2.09. The first-order valence-electron chi connectivity index (χ1n) is 5.45. The molecular weight excluding hydrogens is 222 g/mol. The van der Waals surface area contributed by atoms with Crippen molar-refractivity contribution in [1.29, 1.82) is 0 Å². The van der Waals surface area contributed by atoms with E-state index in [1.54, 1.807) is 18.3 Å². The summed E-state index contributed by atoms with van der Waals surface area (Å²) in [6, 6.07) is 3.31. The van der Waals surface area contributed by atoms with E-state index in [4.69, 9.17) is 15.2 Å². The Labute approximate surface area is 99.1 Å². The molecular formula is C11H15N3O3. The molecule has 6 heteroatoms. The molecule has 1 unspecified atom stereocenters. The lowest BCUT2D eigenvalue weighted by molar-refractivity contribution is -0.0855. The number of rotatable bonds is 3. The molecule has 0 saturated carbocycles. The Kier molecular flexibility index (Phi) is 3.89. The monoisotopic (exact) mass is 237 g/mol. The van der Waals surface area contributed by atoms with Gasteiger partial charge < -0.3 is 20.5 Å². The predicted molar refractivity (Wildman–Crippen MR) is 61.5 cm³/mol. The lowest BCUT2D eigenvalue weighted by Crippen LogP contribution is -2.39. The molecule has 1 saturated heterocycles. The minimum Gasteiger partial charge on any atom is -0.383 e. The molecule has 92 valence electrons. The smallest absolute Gasteiger partial charge is 0.255 e. The molecule has 1 aliphatic heterocycles. The van der Waals surface area contributed by atoms with Gasteiger partial charge in [-0.3, -0.25) is 4.79 Å². The van der Waals surface area contributed by atoms with Crippen LogP contribution < -0.4 is 11.1 Å². The van der Waals surface area contributed by atoms with Gasteiger partial charge in [-0.05, 0) is 12.1 Å². The van der Waals surface area contributed by atoms with Crippen LogP contribution in [-0.2, 0) is 9.47 Å². The number of pyridine rings is 1. The van der Waals surface area contributed by atoms with Crippen LogP contribution in [0.15, 0.2) is 18.3 Å². The molecule has 0 radical (unpaired) electrons. The highest BCUT2D eigenvalue weighted by Gasteiger charge is 2.16. The highest BCUT2D eigenvalue weighted by Crippen LogP contribution is 2.06. The van der Waals surface area contributed by atoms with E-state index < -0.39 is 0 Å². The van der Waals surface area contributed by atoms with Gasteiger partial charge in [0.2, 0.25) is 0 Å². The summed E-state index contributed by atoms with van der Waals surface area (Å²) in [5, 5.41) is 2.75. The Hall–Kier alpha value is -1.66. The van der Waals surface area contributed by atoms with Crippen molar-refractivity contribution in [3.05, 3.63) is 23.9 Å². The highest BCUT2D eigenvalue weighted by molar-refractivity contribution is 5.98. The van der Waals surface area contributed by atoms with E-state index in [0.29, 0.717) is 31.9 Å². The first kappa shape index (κ1) is 11.8. The SMILES string of the molecule is Nc1ncccc1C(=O)NCC1COCCO1. The number of anilines is 1. The Bertz CT molecular complexity index is 391. The third-order valence-electron chi connectivity index (χ3n) is 2.46. The fraction of sp³-hybridized carbons (Fsp3) is 0.455. The van der Waals surface area contributed by atoms with Gasteiger partial charge >= 0.3 is 0 Å². The van der Waals surface area contributed by atoms with Crippen molar-refractivity contribution in [2.75, 3.05) is 32.1 Å². The summed E-state index contributed by atoms with van der Waals surface area (Å²) in [7, 11) is 0. The Morgan fingerprint density at radius 3 is 3.18 bits per heavy atom. The average Bonchev–Trinajstić information content (AvgIpc) is 2.38. The van der Waals surface area contributed by atoms with Crippen LogP contribution in [0.1, 0.15) is 10.4 Å². The fourth-order valence-electron chi connectivity index (χ4n) is 1.57. The zero-order valence-corrected chi connectivity index (χ0v) is 9.39. The van der Waals surface area contributed by atoms with E-state index in [1.165, 1.54) is 0 Å². The summed E-state index contributed by atoms with van der Waals surface area (Å²) >= 11 is 0. The first-order valence-corrected chi connectivity index (χ1v) is 5.45. The third kappa shape index (κ3) is 3.15. The van der Waals surface area contributed by atoms with Crippen molar-refractivity contribution in [2.24, 2.45) is 0 Å². The normalized spacial score (nSPS) is 19.9. The van der Waals surface area contributed by atoms with Crippen LogP contribution in [0, 0.1) is 0 Å². The van der Waals surface area contributed by atoms with Gasteiger partial charge in [0.1, 0.15) is 5.82 Å². The van der Waals surface area contributed by atoms with Gasteiger partial charge in [0.25, 0.3) is 5.91 Å². The molecule has 6 nitrogen and oxygen atoms in total. The number of nitrogens with two attached hydrogens (primary N) is 1. The number of nitrogens with one attached hydrogen (secondary N) is 1. The van der Waals surface area contributed by atoms with Crippen LogP contribution in [0.3, 0.4) is 0 Å². The fourth-order valence-corrected chi connectivity index (χ4v) is 1.57. The van der Waals surface area contributed by atoms with Crippen molar-refractivity contribution in [2.45, 2.75) is 6.10 Å². The zero-order valence-electron chi connectivity index (χ0n) is 9.39. The van der Waals surface area contributed by atoms with Crippen molar-refractivity contribution >= 4 is 11.7 Å². The van der Waals surface area contributed by atoms with Gasteiger partial charge in [0, 0.05) is 12.7 Å². The zero-order chi connectivity index (χ0) is 12.1. The molecule has 0 aromatic carbocycles. The van der Waals surface area contributed by atoms with Crippen molar-refractivity contribution in [1.82, 2.24) is 10.3 Å². The van der Waals surface area contributed by atoms with Gasteiger partial charge in [-0.1, -0.05) is 0 Å². The molecule has 17 heavy (non-hydrogen) atoms. The van der Waals surface area contributed by atoms with E-state index in [1.807, 2.05) is 0 Å². The Morgan fingerprint density at radius 1 is 1.59 bits per heavy atom. The number of hydrogen-bond acceptors (Lipinski definition) is 5. The maximum atomic E-state index is 11.8. The summed E-state index contributed by atoms with van der Waals surface area (Å²) in [5.41, 5.74) is 5.98. The quantitative estimate of drug-likeness (QED) is 0.761. The van der Waals surface area contributed by atoms with Crippen molar-refractivity contribution in [3.63, 3.8) is 0 Å². The molecule has 1 amide bonds. The molecule has 1 atom stereocenters. The van der Waals surface area contributed by atoms with Crippen LogP contribution in [0.5, 0.6) is 0 Å². The number of amides is 1. The molecule has 0 spiro atoms. The van der Waals surface area contributed by atoms with E-state index >= 15 is 0 Å². The molecule has 1 aromatic rings. The average molecular weight is 237 g/mol. The maximum Gasteiger partial charge on any atom is 0.255 e. The Morgan fingerprint density at radius 2 is 2.47 bits per heavy atom. The second-order valence-corrected chi connectivity index (χ2v) is 3.71. The molecule has 1 fully saturated rings. The number of hydrogen-bond donors (Lipinski definition) is 2. The van der Waals surface area contributed by atoms with E-state index in [-0.39, 0.29) is 17.8 Å². The summed E-state index contributed by atoms with van der Waals surface area (Å²) in [6.07, 6.45) is 1.45. The lowest BCUT2D eigenvalue weighted by atomic mass is 10.2. The number of nitrogen functional groups attached to an aromatic ring is 1. The molecule has 0 aliphatic carbocycles. The molecule has 2 rings (SSSR count). The second kappa shape index (κ2) is 5.60. The summed E-state index contributed by atoms with van der Waals surface area (Å²) in [4.78, 5) is 15.6. The topological polar surface area (TPSA) is 86.5 Å². The van der Waals surface area contributed by atoms with Gasteiger partial charge in [0.15, 0.2) is 0 Å². The minimum absolute atomic E-state index is 0.0920. The van der Waals surface area contributed by atoms with Crippen LogP contribution in [0.25, 0.3) is 0 Å². The second-order valence-electron chi connectivity index (χ2n) is 3.71. The highest BCUT2D eigenvalue weighted by atomic mass is 16.6. The number of ether oxygens (including phenoxy) is 2. The van der Waals surface area contributed by atoms with Gasteiger partial charge in [-0.25, -0.2) is 4.98 Å². The maximum absolute atomic E-state index is 11.8. The van der Waals surface area contributed by atoms with Crippen molar-refractivity contribution < 1.29 is 14.3 Å². The number of nitrogens with zero attached hydrogens (tertiary/aromatic N) is 1. The van der Waals surface area contributed by atoms with Crippen LogP contribution in [0.4, 0.5) is 5.82 Å². The number of aromatic nitrogens is 1. The summed E-state index contributed by atoms with van der Waals surface area (Å²) < 4.78 is 10.6. The van der Waals surface area contributed by atoms with E-state index in [9.17, 15) is 4.79 Å². The molecule has 1 aliphatic rings.